The van der Waals surface area contributed by atoms with E-state index in [4.69, 9.17) is 10.00 Å². The lowest BCUT2D eigenvalue weighted by Crippen LogP contribution is -1.95. The van der Waals surface area contributed by atoms with Crippen molar-refractivity contribution in [3.63, 3.8) is 0 Å². The minimum Gasteiger partial charge on any atom is -0.494 e. The Morgan fingerprint density at radius 1 is 1.54 bits per heavy atom. The number of benzene rings is 1. The number of nitriles is 1. The largest absolute Gasteiger partial charge is 0.494 e. The number of nitrogens with zero attached hydrogens (tertiary/aromatic N) is 1. The Labute approximate surface area is 76.6 Å². The molecule has 1 rings (SSSR count). The first-order valence-electron chi connectivity index (χ1n) is 3.89. The predicted molar refractivity (Wildman–Crippen MR) is 47.0 cm³/mol. The van der Waals surface area contributed by atoms with Crippen LogP contribution in [-0.4, -0.2) is 7.11 Å². The van der Waals surface area contributed by atoms with E-state index in [0.29, 0.717) is 5.56 Å². The van der Waals surface area contributed by atoms with Crippen molar-refractivity contribution in [3.8, 4) is 11.8 Å². The van der Waals surface area contributed by atoms with Crippen molar-refractivity contribution in [2.24, 2.45) is 0 Å². The van der Waals surface area contributed by atoms with Gasteiger partial charge in [-0.2, -0.15) is 5.26 Å². The average molecular weight is 179 g/mol. The third kappa shape index (κ3) is 1.97. The summed E-state index contributed by atoms with van der Waals surface area (Å²) in [6, 6.07) is 5.17. The number of methoxy groups -OCH3 is 1. The van der Waals surface area contributed by atoms with Gasteiger partial charge in [0.25, 0.3) is 0 Å². The molecule has 0 amide bonds. The Hall–Kier alpha value is -1.56. The van der Waals surface area contributed by atoms with Gasteiger partial charge in [0.05, 0.1) is 19.6 Å². The molecule has 0 aliphatic heterocycles. The van der Waals surface area contributed by atoms with Crippen LogP contribution in [0.25, 0.3) is 0 Å². The highest BCUT2D eigenvalue weighted by Gasteiger charge is 2.09. The van der Waals surface area contributed by atoms with Crippen LogP contribution in [0.1, 0.15) is 11.1 Å². The van der Waals surface area contributed by atoms with Crippen LogP contribution >= 0.6 is 0 Å². The van der Waals surface area contributed by atoms with E-state index in [1.54, 1.807) is 12.1 Å². The number of rotatable bonds is 2. The van der Waals surface area contributed by atoms with E-state index in [2.05, 4.69) is 0 Å². The maximum atomic E-state index is 13.4. The minimum absolute atomic E-state index is 0.0733. The van der Waals surface area contributed by atoms with Crippen molar-refractivity contribution in [2.45, 2.75) is 13.3 Å². The summed E-state index contributed by atoms with van der Waals surface area (Å²) in [5.41, 5.74) is 1.28. The van der Waals surface area contributed by atoms with Crippen LogP contribution in [0, 0.1) is 24.1 Å². The molecule has 1 aromatic carbocycles. The van der Waals surface area contributed by atoms with E-state index in [0.717, 1.165) is 5.56 Å². The van der Waals surface area contributed by atoms with Gasteiger partial charge >= 0.3 is 0 Å². The molecule has 0 aliphatic carbocycles. The molecular weight excluding hydrogens is 169 g/mol. The highest BCUT2D eigenvalue weighted by atomic mass is 19.1. The molecule has 13 heavy (non-hydrogen) atoms. The van der Waals surface area contributed by atoms with Crippen molar-refractivity contribution in [1.82, 2.24) is 0 Å². The first-order chi connectivity index (χ1) is 6.19. The van der Waals surface area contributed by atoms with Crippen LogP contribution in [0.3, 0.4) is 0 Å². The third-order valence-corrected chi connectivity index (χ3v) is 1.75. The van der Waals surface area contributed by atoms with Crippen molar-refractivity contribution < 1.29 is 9.13 Å². The van der Waals surface area contributed by atoms with E-state index >= 15 is 0 Å². The number of ether oxygens (including phenoxy) is 1. The lowest BCUT2D eigenvalue weighted by atomic mass is 10.1. The minimum atomic E-state index is -0.436. The van der Waals surface area contributed by atoms with E-state index in [9.17, 15) is 4.39 Å². The molecule has 0 atom stereocenters. The second-order valence-corrected chi connectivity index (χ2v) is 2.78. The zero-order valence-corrected chi connectivity index (χ0v) is 7.60. The van der Waals surface area contributed by atoms with Crippen LogP contribution in [0.5, 0.6) is 5.75 Å². The molecule has 0 bridgehead atoms. The summed E-state index contributed by atoms with van der Waals surface area (Å²) in [6.07, 6.45) is 0.0733. The summed E-state index contributed by atoms with van der Waals surface area (Å²) in [5.74, 6) is -0.236. The van der Waals surface area contributed by atoms with E-state index < -0.39 is 5.82 Å². The van der Waals surface area contributed by atoms with Gasteiger partial charge in [-0.05, 0) is 18.6 Å². The zero-order valence-electron chi connectivity index (χ0n) is 7.60. The Balaban J connectivity index is 3.20. The first-order valence-corrected chi connectivity index (χ1v) is 3.89. The van der Waals surface area contributed by atoms with Crippen molar-refractivity contribution in [3.05, 3.63) is 29.1 Å². The zero-order chi connectivity index (χ0) is 9.84. The quantitative estimate of drug-likeness (QED) is 0.697. The standard InChI is InChI=1S/C10H10FNO/c1-7-5-8(3-4-12)10(11)9(6-7)13-2/h5-6H,3H2,1-2H3. The molecule has 0 radical (unpaired) electrons. The van der Waals surface area contributed by atoms with Gasteiger partial charge in [-0.1, -0.05) is 6.07 Å². The molecule has 0 aliphatic rings. The van der Waals surface area contributed by atoms with Gasteiger partial charge in [0.2, 0.25) is 0 Å². The van der Waals surface area contributed by atoms with Crippen LogP contribution < -0.4 is 4.74 Å². The Morgan fingerprint density at radius 3 is 2.77 bits per heavy atom. The maximum Gasteiger partial charge on any atom is 0.169 e. The van der Waals surface area contributed by atoms with E-state index in [1.165, 1.54) is 7.11 Å². The second kappa shape index (κ2) is 3.90. The molecule has 0 unspecified atom stereocenters. The molecule has 0 spiro atoms. The first kappa shape index (κ1) is 9.53. The lowest BCUT2D eigenvalue weighted by Gasteiger charge is -2.06. The average Bonchev–Trinajstić information content (AvgIpc) is 2.11. The molecule has 0 heterocycles. The fourth-order valence-electron chi connectivity index (χ4n) is 1.17. The van der Waals surface area contributed by atoms with Crippen LogP contribution in [0.4, 0.5) is 4.39 Å². The van der Waals surface area contributed by atoms with Gasteiger partial charge in [0, 0.05) is 5.56 Å². The molecule has 68 valence electrons. The van der Waals surface area contributed by atoms with Gasteiger partial charge in [0.15, 0.2) is 11.6 Å². The normalized spacial score (nSPS) is 9.38. The van der Waals surface area contributed by atoms with Crippen molar-refractivity contribution in [2.75, 3.05) is 7.11 Å². The number of aryl methyl sites for hydroxylation is 1. The highest BCUT2D eigenvalue weighted by molar-refractivity contribution is 5.36. The Bertz CT molecular complexity index is 355. The second-order valence-electron chi connectivity index (χ2n) is 2.78. The molecule has 0 N–H and O–H groups in total. The fraction of sp³-hybridized carbons (Fsp3) is 0.300. The van der Waals surface area contributed by atoms with Crippen LogP contribution in [-0.2, 0) is 6.42 Å². The van der Waals surface area contributed by atoms with Gasteiger partial charge < -0.3 is 4.74 Å². The summed E-state index contributed by atoms with van der Waals surface area (Å²) in [4.78, 5) is 0. The summed E-state index contributed by atoms with van der Waals surface area (Å²) < 4.78 is 18.2. The van der Waals surface area contributed by atoms with Crippen molar-refractivity contribution in [1.29, 1.82) is 5.26 Å². The summed E-state index contributed by atoms with van der Waals surface area (Å²) in [7, 11) is 1.41. The molecular formula is C10H10FNO. The van der Waals surface area contributed by atoms with Crippen molar-refractivity contribution >= 4 is 0 Å². The predicted octanol–water partition coefficient (Wildman–Crippen LogP) is 2.21. The third-order valence-electron chi connectivity index (χ3n) is 1.75. The van der Waals surface area contributed by atoms with E-state index in [-0.39, 0.29) is 12.2 Å². The smallest absolute Gasteiger partial charge is 0.169 e. The fourth-order valence-corrected chi connectivity index (χ4v) is 1.17. The SMILES string of the molecule is COc1cc(C)cc(CC#N)c1F. The molecule has 3 heteroatoms. The number of hydrogen-bond donors (Lipinski definition) is 0. The Kier molecular flexibility index (Phi) is 2.86. The molecule has 2 nitrogen and oxygen atoms in total. The molecule has 0 saturated carbocycles. The molecule has 0 aromatic heterocycles. The molecule has 0 fully saturated rings. The molecule has 1 aromatic rings. The van der Waals surface area contributed by atoms with Crippen LogP contribution in [0.15, 0.2) is 12.1 Å². The summed E-state index contributed by atoms with van der Waals surface area (Å²) in [5, 5.41) is 8.44. The van der Waals surface area contributed by atoms with Gasteiger partial charge in [-0.15, -0.1) is 0 Å². The lowest BCUT2D eigenvalue weighted by molar-refractivity contribution is 0.384. The monoisotopic (exact) mass is 179 g/mol. The summed E-state index contributed by atoms with van der Waals surface area (Å²) >= 11 is 0. The maximum absolute atomic E-state index is 13.4. The van der Waals surface area contributed by atoms with Gasteiger partial charge in [-0.25, -0.2) is 4.39 Å². The van der Waals surface area contributed by atoms with Gasteiger partial charge in [0.1, 0.15) is 0 Å². The molecule has 0 saturated heterocycles. The Morgan fingerprint density at radius 2 is 2.23 bits per heavy atom. The number of hydrogen-bond acceptors (Lipinski definition) is 2. The van der Waals surface area contributed by atoms with E-state index in [1.807, 2.05) is 13.0 Å². The summed E-state index contributed by atoms with van der Waals surface area (Å²) in [6.45, 7) is 1.84. The van der Waals surface area contributed by atoms with Crippen LogP contribution in [0.2, 0.25) is 0 Å². The number of halogens is 1. The topological polar surface area (TPSA) is 33.0 Å². The van der Waals surface area contributed by atoms with Gasteiger partial charge in [-0.3, -0.25) is 0 Å². The highest BCUT2D eigenvalue weighted by Crippen LogP contribution is 2.22.